The molecule has 1 amide bonds. The summed E-state index contributed by atoms with van der Waals surface area (Å²) in [5, 5.41) is 20.3. The molecule has 0 aromatic rings. The molecule has 5 heteroatoms. The summed E-state index contributed by atoms with van der Waals surface area (Å²) in [5.74, 6) is 0.489. The SMILES string of the molecule is C[C@H](CSC#N)NC(=O)O. The maximum absolute atomic E-state index is 9.97. The number of nitriles is 1. The van der Waals surface area contributed by atoms with Crippen molar-refractivity contribution in [3.8, 4) is 5.40 Å². The summed E-state index contributed by atoms with van der Waals surface area (Å²) in [5.41, 5.74) is 0. The number of thioether (sulfide) groups is 1. The Morgan fingerprint density at radius 3 is 3.00 bits per heavy atom. The zero-order chi connectivity index (χ0) is 7.98. The van der Waals surface area contributed by atoms with Crippen molar-refractivity contribution in [1.82, 2.24) is 5.32 Å². The van der Waals surface area contributed by atoms with Crippen molar-refractivity contribution in [3.63, 3.8) is 0 Å². The van der Waals surface area contributed by atoms with Gasteiger partial charge in [0.15, 0.2) is 0 Å². The largest absolute Gasteiger partial charge is 0.465 e. The molecule has 0 aromatic heterocycles. The highest BCUT2D eigenvalue weighted by atomic mass is 32.2. The molecule has 0 aliphatic carbocycles. The molecule has 0 unspecified atom stereocenters. The third-order valence-electron chi connectivity index (χ3n) is 0.768. The number of amides is 1. The fourth-order valence-corrected chi connectivity index (χ4v) is 0.823. The topological polar surface area (TPSA) is 73.1 Å². The van der Waals surface area contributed by atoms with Gasteiger partial charge in [0, 0.05) is 11.8 Å². The first-order chi connectivity index (χ1) is 4.66. The summed E-state index contributed by atoms with van der Waals surface area (Å²) >= 11 is 1.04. The number of thiocyanates is 1. The quantitative estimate of drug-likeness (QED) is 0.600. The molecule has 4 nitrogen and oxygen atoms in total. The average Bonchev–Trinajstić information content (AvgIpc) is 1.82. The van der Waals surface area contributed by atoms with Gasteiger partial charge in [-0.3, -0.25) is 0 Å². The van der Waals surface area contributed by atoms with Gasteiger partial charge in [-0.15, -0.1) is 0 Å². The van der Waals surface area contributed by atoms with Crippen LogP contribution in [0.4, 0.5) is 4.79 Å². The lowest BCUT2D eigenvalue weighted by atomic mass is 10.4. The van der Waals surface area contributed by atoms with E-state index in [-0.39, 0.29) is 6.04 Å². The number of hydrogen-bond acceptors (Lipinski definition) is 3. The maximum Gasteiger partial charge on any atom is 0.404 e. The zero-order valence-electron chi connectivity index (χ0n) is 5.50. The van der Waals surface area contributed by atoms with E-state index in [1.807, 2.05) is 5.40 Å². The number of carboxylic acid groups (broad SMARTS) is 1. The number of hydrogen-bond donors (Lipinski definition) is 2. The standard InChI is InChI=1S/C5H8N2O2S/c1-4(2-10-3-6)7-5(8)9/h4,7H,2H2,1H3,(H,8,9)/t4-/m1/s1. The Hall–Kier alpha value is -0.890. The summed E-state index contributed by atoms with van der Waals surface area (Å²) in [6.07, 6.45) is -1.05. The van der Waals surface area contributed by atoms with Crippen molar-refractivity contribution in [2.24, 2.45) is 0 Å². The highest BCUT2D eigenvalue weighted by Crippen LogP contribution is 1.98. The molecule has 56 valence electrons. The van der Waals surface area contributed by atoms with Crippen LogP contribution in [-0.4, -0.2) is 23.0 Å². The Morgan fingerprint density at radius 2 is 2.60 bits per heavy atom. The normalized spacial score (nSPS) is 11.6. The van der Waals surface area contributed by atoms with Crippen LogP contribution >= 0.6 is 11.8 Å². The van der Waals surface area contributed by atoms with Crippen LogP contribution in [0, 0.1) is 10.7 Å². The predicted molar refractivity (Wildman–Crippen MR) is 38.7 cm³/mol. The van der Waals surface area contributed by atoms with E-state index in [0.29, 0.717) is 5.75 Å². The number of nitrogens with one attached hydrogen (secondary N) is 1. The van der Waals surface area contributed by atoms with Gasteiger partial charge in [0.05, 0.1) is 0 Å². The van der Waals surface area contributed by atoms with Gasteiger partial charge in [-0.1, -0.05) is 0 Å². The minimum atomic E-state index is -1.05. The molecule has 10 heavy (non-hydrogen) atoms. The van der Waals surface area contributed by atoms with Crippen molar-refractivity contribution in [1.29, 1.82) is 5.26 Å². The predicted octanol–water partition coefficient (Wildman–Crippen LogP) is 0.857. The van der Waals surface area contributed by atoms with E-state index in [4.69, 9.17) is 10.4 Å². The van der Waals surface area contributed by atoms with Crippen LogP contribution < -0.4 is 5.32 Å². The number of carbonyl (C=O) groups is 1. The van der Waals surface area contributed by atoms with Gasteiger partial charge in [0.2, 0.25) is 0 Å². The molecular formula is C5H8N2O2S. The maximum atomic E-state index is 9.97. The monoisotopic (exact) mass is 160 g/mol. The Labute approximate surface area is 63.2 Å². The minimum absolute atomic E-state index is 0.165. The van der Waals surface area contributed by atoms with Crippen molar-refractivity contribution in [2.45, 2.75) is 13.0 Å². The summed E-state index contributed by atoms with van der Waals surface area (Å²) in [7, 11) is 0. The third kappa shape index (κ3) is 5.25. The molecule has 0 spiro atoms. The van der Waals surface area contributed by atoms with Crippen molar-refractivity contribution in [2.75, 3.05) is 5.75 Å². The van der Waals surface area contributed by atoms with Crippen LogP contribution in [-0.2, 0) is 0 Å². The van der Waals surface area contributed by atoms with E-state index in [2.05, 4.69) is 5.32 Å². The lowest BCUT2D eigenvalue weighted by Crippen LogP contribution is -2.32. The Kier molecular flexibility index (Phi) is 4.50. The van der Waals surface area contributed by atoms with E-state index in [0.717, 1.165) is 11.8 Å². The molecular weight excluding hydrogens is 152 g/mol. The Bertz CT molecular complexity index is 154. The van der Waals surface area contributed by atoms with Gasteiger partial charge in [0.1, 0.15) is 5.40 Å². The molecule has 0 rings (SSSR count). The summed E-state index contributed by atoms with van der Waals surface area (Å²) < 4.78 is 0. The van der Waals surface area contributed by atoms with Gasteiger partial charge in [-0.05, 0) is 18.7 Å². The van der Waals surface area contributed by atoms with Crippen molar-refractivity contribution < 1.29 is 9.90 Å². The highest BCUT2D eigenvalue weighted by Gasteiger charge is 2.03. The molecule has 0 fully saturated rings. The van der Waals surface area contributed by atoms with Crippen LogP contribution in [0.15, 0.2) is 0 Å². The first-order valence-corrected chi connectivity index (χ1v) is 3.65. The second-order valence-corrected chi connectivity index (χ2v) is 2.56. The lowest BCUT2D eigenvalue weighted by molar-refractivity contribution is 0.192. The molecule has 0 aromatic carbocycles. The van der Waals surface area contributed by atoms with Crippen LogP contribution in [0.3, 0.4) is 0 Å². The zero-order valence-corrected chi connectivity index (χ0v) is 6.31. The first kappa shape index (κ1) is 9.11. The molecule has 0 aliphatic heterocycles. The second-order valence-electron chi connectivity index (χ2n) is 1.75. The molecule has 0 saturated heterocycles. The van der Waals surface area contributed by atoms with Crippen molar-refractivity contribution in [3.05, 3.63) is 0 Å². The van der Waals surface area contributed by atoms with E-state index in [9.17, 15) is 4.79 Å². The number of rotatable bonds is 3. The Balaban J connectivity index is 3.36. The fourth-order valence-electron chi connectivity index (χ4n) is 0.415. The third-order valence-corrected chi connectivity index (χ3v) is 1.56. The van der Waals surface area contributed by atoms with E-state index in [1.54, 1.807) is 6.92 Å². The summed E-state index contributed by atoms with van der Waals surface area (Å²) in [4.78, 5) is 9.97. The molecule has 0 aliphatic rings. The number of nitrogens with zero attached hydrogens (tertiary/aromatic N) is 1. The summed E-state index contributed by atoms with van der Waals surface area (Å²) in [6, 6.07) is -0.165. The Morgan fingerprint density at radius 1 is 2.00 bits per heavy atom. The first-order valence-electron chi connectivity index (χ1n) is 2.67. The van der Waals surface area contributed by atoms with Gasteiger partial charge < -0.3 is 10.4 Å². The van der Waals surface area contributed by atoms with Crippen molar-refractivity contribution >= 4 is 17.9 Å². The molecule has 2 N–H and O–H groups in total. The average molecular weight is 160 g/mol. The van der Waals surface area contributed by atoms with Crippen LogP contribution in [0.25, 0.3) is 0 Å². The van der Waals surface area contributed by atoms with E-state index in [1.165, 1.54) is 0 Å². The molecule has 0 saturated carbocycles. The molecule has 0 radical (unpaired) electrons. The van der Waals surface area contributed by atoms with Gasteiger partial charge >= 0.3 is 6.09 Å². The van der Waals surface area contributed by atoms with Gasteiger partial charge in [-0.25, -0.2) is 4.79 Å². The molecule has 1 atom stereocenters. The fraction of sp³-hybridized carbons (Fsp3) is 0.600. The summed E-state index contributed by atoms with van der Waals surface area (Å²) in [6.45, 7) is 1.71. The van der Waals surface area contributed by atoms with Crippen LogP contribution in [0.5, 0.6) is 0 Å². The minimum Gasteiger partial charge on any atom is -0.465 e. The highest BCUT2D eigenvalue weighted by molar-refractivity contribution is 8.03. The van der Waals surface area contributed by atoms with Gasteiger partial charge in [-0.2, -0.15) is 5.26 Å². The molecule has 0 heterocycles. The molecule has 0 bridgehead atoms. The van der Waals surface area contributed by atoms with Gasteiger partial charge in [0.25, 0.3) is 0 Å². The smallest absolute Gasteiger partial charge is 0.404 e. The van der Waals surface area contributed by atoms with Crippen LogP contribution in [0.1, 0.15) is 6.92 Å². The second kappa shape index (κ2) is 4.94. The lowest BCUT2D eigenvalue weighted by Gasteiger charge is -2.06. The van der Waals surface area contributed by atoms with E-state index < -0.39 is 6.09 Å². The van der Waals surface area contributed by atoms with Crippen LogP contribution in [0.2, 0.25) is 0 Å². The van der Waals surface area contributed by atoms with E-state index >= 15 is 0 Å².